The Kier molecular flexibility index (Phi) is 7.69. The van der Waals surface area contributed by atoms with Crippen molar-refractivity contribution in [1.82, 2.24) is 9.80 Å². The lowest BCUT2D eigenvalue weighted by molar-refractivity contribution is -0.162. The van der Waals surface area contributed by atoms with Gasteiger partial charge in [-0.25, -0.2) is 0 Å². The number of unbranched alkanes of at least 4 members (excludes halogenated alkanes) is 1. The number of aliphatic hydroxyl groups excluding tert-OH is 1. The Morgan fingerprint density at radius 3 is 2.64 bits per heavy atom. The van der Waals surface area contributed by atoms with Crippen molar-refractivity contribution in [2.75, 3.05) is 26.3 Å². The first-order chi connectivity index (χ1) is 15.7. The van der Waals surface area contributed by atoms with Gasteiger partial charge in [0.1, 0.15) is 17.6 Å². The van der Waals surface area contributed by atoms with Gasteiger partial charge in [-0.3, -0.25) is 14.4 Å². The molecule has 1 N–H and O–H groups in total. The smallest absolute Gasteiger partial charge is 0.312 e. The fourth-order valence-electron chi connectivity index (χ4n) is 6.05. The quantitative estimate of drug-likeness (QED) is 0.271. The Morgan fingerprint density at radius 2 is 2.06 bits per heavy atom. The van der Waals surface area contributed by atoms with E-state index < -0.39 is 35.0 Å². The Hall–Kier alpha value is -2.19. The van der Waals surface area contributed by atoms with Gasteiger partial charge < -0.3 is 24.4 Å². The van der Waals surface area contributed by atoms with Crippen LogP contribution in [-0.4, -0.2) is 82.3 Å². The number of allylic oxidation sites excluding steroid dienone is 1. The van der Waals surface area contributed by atoms with E-state index >= 15 is 0 Å². The number of carbonyl (C=O) groups excluding carboxylic acids is 3. The normalized spacial score (nSPS) is 32.2. The molecule has 0 aromatic rings. The fourth-order valence-corrected chi connectivity index (χ4v) is 6.05. The van der Waals surface area contributed by atoms with Crippen molar-refractivity contribution in [3.63, 3.8) is 0 Å². The molecule has 0 aliphatic carbocycles. The molecule has 3 aliphatic heterocycles. The summed E-state index contributed by atoms with van der Waals surface area (Å²) in [6, 6.07) is -1.00. The highest BCUT2D eigenvalue weighted by atomic mass is 16.6. The molecule has 0 saturated carbocycles. The summed E-state index contributed by atoms with van der Waals surface area (Å²) in [6.45, 7) is 13.5. The minimum Gasteiger partial charge on any atom is -0.465 e. The van der Waals surface area contributed by atoms with Crippen molar-refractivity contribution in [3.05, 3.63) is 25.3 Å². The number of hydrogen-bond acceptors (Lipinski definition) is 6. The second kappa shape index (κ2) is 9.97. The molecule has 184 valence electrons. The number of fused-ring (bicyclic) bond motifs is 1. The molecule has 3 rings (SSSR count). The van der Waals surface area contributed by atoms with Crippen molar-refractivity contribution in [2.24, 2.45) is 11.8 Å². The average Bonchev–Trinajstić information content (AvgIpc) is 3.39. The van der Waals surface area contributed by atoms with E-state index in [1.807, 2.05) is 20.8 Å². The topological polar surface area (TPSA) is 96.4 Å². The van der Waals surface area contributed by atoms with Crippen molar-refractivity contribution in [1.29, 1.82) is 0 Å². The molecule has 0 aromatic heterocycles. The summed E-state index contributed by atoms with van der Waals surface area (Å²) >= 11 is 0. The minimum atomic E-state index is -1.10. The van der Waals surface area contributed by atoms with E-state index in [0.29, 0.717) is 32.2 Å². The zero-order chi connectivity index (χ0) is 24.4. The van der Waals surface area contributed by atoms with Crippen LogP contribution in [0.1, 0.15) is 52.9 Å². The summed E-state index contributed by atoms with van der Waals surface area (Å²) in [5.74, 6) is -2.55. The monoisotopic (exact) mass is 462 g/mol. The Bertz CT molecular complexity index is 798. The number of rotatable bonds is 12. The SMILES string of the molecule is C=CCCCOC(=O)[C@H]1[C@H]2C(=O)N(CCO)C(C(=O)N(CC=C)C(C)C)C23CC[C@]1(CC)O3. The Labute approximate surface area is 196 Å². The number of aliphatic hydroxyl groups is 1. The van der Waals surface area contributed by atoms with Crippen molar-refractivity contribution < 1.29 is 29.0 Å². The zero-order valence-corrected chi connectivity index (χ0v) is 20.1. The summed E-state index contributed by atoms with van der Waals surface area (Å²) in [5, 5.41) is 9.69. The molecule has 3 aliphatic rings. The van der Waals surface area contributed by atoms with Crippen LogP contribution in [0.4, 0.5) is 0 Å². The third-order valence-electron chi connectivity index (χ3n) is 7.54. The molecule has 3 fully saturated rings. The average molecular weight is 463 g/mol. The Balaban J connectivity index is 2.00. The van der Waals surface area contributed by atoms with Crippen molar-refractivity contribution in [3.8, 4) is 0 Å². The number of ether oxygens (including phenoxy) is 2. The van der Waals surface area contributed by atoms with Gasteiger partial charge in [0.2, 0.25) is 11.8 Å². The highest BCUT2D eigenvalue weighted by molar-refractivity contribution is 5.98. The number of hydrogen-bond donors (Lipinski definition) is 1. The first-order valence-electron chi connectivity index (χ1n) is 12.0. The van der Waals surface area contributed by atoms with Crippen molar-refractivity contribution >= 4 is 17.8 Å². The summed E-state index contributed by atoms with van der Waals surface area (Å²) in [5.41, 5.74) is -1.92. The highest BCUT2D eigenvalue weighted by Gasteiger charge is 2.79. The van der Waals surface area contributed by atoms with E-state index in [1.165, 1.54) is 4.90 Å². The first kappa shape index (κ1) is 25.4. The lowest BCUT2D eigenvalue weighted by Crippen LogP contribution is -2.57. The van der Waals surface area contributed by atoms with Crippen LogP contribution >= 0.6 is 0 Å². The van der Waals surface area contributed by atoms with E-state index in [-0.39, 0.29) is 37.6 Å². The van der Waals surface area contributed by atoms with Crippen LogP contribution in [0.25, 0.3) is 0 Å². The van der Waals surface area contributed by atoms with E-state index in [4.69, 9.17) is 9.47 Å². The molecule has 2 amide bonds. The van der Waals surface area contributed by atoms with E-state index in [0.717, 1.165) is 6.42 Å². The van der Waals surface area contributed by atoms with Crippen molar-refractivity contribution in [2.45, 2.75) is 76.2 Å². The zero-order valence-electron chi connectivity index (χ0n) is 20.1. The summed E-state index contributed by atoms with van der Waals surface area (Å²) in [6.07, 6.45) is 6.46. The molecule has 2 unspecified atom stereocenters. The van der Waals surface area contributed by atoms with Crippen LogP contribution in [0.2, 0.25) is 0 Å². The fraction of sp³-hybridized carbons (Fsp3) is 0.720. The number of esters is 1. The van der Waals surface area contributed by atoms with Gasteiger partial charge in [-0.05, 0) is 46.0 Å². The van der Waals surface area contributed by atoms with Gasteiger partial charge in [0.25, 0.3) is 0 Å². The largest absolute Gasteiger partial charge is 0.465 e. The lowest BCUT2D eigenvalue weighted by atomic mass is 9.65. The molecule has 33 heavy (non-hydrogen) atoms. The Morgan fingerprint density at radius 1 is 1.33 bits per heavy atom. The molecule has 8 nitrogen and oxygen atoms in total. The molecule has 3 heterocycles. The molecule has 5 atom stereocenters. The highest BCUT2D eigenvalue weighted by Crippen LogP contribution is 2.64. The number of amides is 2. The number of nitrogens with zero attached hydrogens (tertiary/aromatic N) is 2. The summed E-state index contributed by atoms with van der Waals surface area (Å²) in [4.78, 5) is 43.9. The predicted octanol–water partition coefficient (Wildman–Crippen LogP) is 2.07. The van der Waals surface area contributed by atoms with Gasteiger partial charge in [0, 0.05) is 19.1 Å². The first-order valence-corrected chi connectivity index (χ1v) is 12.0. The van der Waals surface area contributed by atoms with Gasteiger partial charge in [-0.1, -0.05) is 19.1 Å². The second-order valence-corrected chi connectivity index (χ2v) is 9.56. The molecule has 1 spiro atoms. The summed E-state index contributed by atoms with van der Waals surface area (Å²) in [7, 11) is 0. The minimum absolute atomic E-state index is 0.0110. The maximum absolute atomic E-state index is 13.8. The molecule has 3 saturated heterocycles. The maximum Gasteiger partial charge on any atom is 0.312 e. The third-order valence-corrected chi connectivity index (χ3v) is 7.54. The van der Waals surface area contributed by atoms with E-state index in [9.17, 15) is 19.5 Å². The molecular formula is C25H38N2O6. The summed E-state index contributed by atoms with van der Waals surface area (Å²) < 4.78 is 12.2. The van der Waals surface area contributed by atoms with Crippen LogP contribution in [0.5, 0.6) is 0 Å². The van der Waals surface area contributed by atoms with Crippen LogP contribution in [0.15, 0.2) is 25.3 Å². The van der Waals surface area contributed by atoms with Crippen LogP contribution < -0.4 is 0 Å². The molecular weight excluding hydrogens is 424 g/mol. The predicted molar refractivity (Wildman–Crippen MR) is 123 cm³/mol. The number of β-amino-alcohol motifs (C(OH)–C–C–N with tert-alkyl or cyclic N) is 1. The second-order valence-electron chi connectivity index (χ2n) is 9.56. The van der Waals surface area contributed by atoms with Gasteiger partial charge in [-0.15, -0.1) is 13.2 Å². The van der Waals surface area contributed by atoms with E-state index in [1.54, 1.807) is 17.1 Å². The van der Waals surface area contributed by atoms with Crippen LogP contribution in [0.3, 0.4) is 0 Å². The van der Waals surface area contributed by atoms with Gasteiger partial charge >= 0.3 is 5.97 Å². The molecule has 2 bridgehead atoms. The standard InChI is InChI=1S/C25H38N2O6/c1-6-9-10-16-32-23(31)19-18-21(29)27(14-15-28)20(22(30)26(13-7-2)17(4)5)25(18)12-11-24(19,8-3)33-25/h6-7,17-20,28H,1-2,8-16H2,3-5H3/t18-,19+,20?,24-,25?/m0/s1. The van der Waals surface area contributed by atoms with Crippen LogP contribution in [0, 0.1) is 11.8 Å². The van der Waals surface area contributed by atoms with Crippen LogP contribution in [-0.2, 0) is 23.9 Å². The van der Waals surface area contributed by atoms with Gasteiger partial charge in [0.05, 0.1) is 24.7 Å². The van der Waals surface area contributed by atoms with Gasteiger partial charge in [0.15, 0.2) is 0 Å². The maximum atomic E-state index is 13.8. The lowest BCUT2D eigenvalue weighted by Gasteiger charge is -2.38. The number of carbonyl (C=O) groups is 3. The molecule has 8 heteroatoms. The number of likely N-dealkylation sites (tertiary alicyclic amines) is 1. The van der Waals surface area contributed by atoms with Gasteiger partial charge in [-0.2, -0.15) is 0 Å². The third kappa shape index (κ3) is 4.01. The van der Waals surface area contributed by atoms with E-state index in [2.05, 4.69) is 13.2 Å². The molecule has 0 radical (unpaired) electrons. The molecule has 0 aromatic carbocycles.